The van der Waals surface area contributed by atoms with Crippen LogP contribution < -0.4 is 11.1 Å². The van der Waals surface area contributed by atoms with Crippen LogP contribution in [-0.2, 0) is 6.42 Å². The van der Waals surface area contributed by atoms with Gasteiger partial charge in [0.1, 0.15) is 10.7 Å². The normalized spacial score (nSPS) is 10.1. The third-order valence-corrected chi connectivity index (χ3v) is 3.13. The Balaban J connectivity index is 1.90. The summed E-state index contributed by atoms with van der Waals surface area (Å²) in [7, 11) is 0. The number of hydrogen-bond acceptors (Lipinski definition) is 5. The van der Waals surface area contributed by atoms with E-state index < -0.39 is 0 Å². The van der Waals surface area contributed by atoms with E-state index in [1.807, 2.05) is 0 Å². The Bertz CT molecular complexity index is 496. The fourth-order valence-electron chi connectivity index (χ4n) is 1.33. The third kappa shape index (κ3) is 3.47. The van der Waals surface area contributed by atoms with Gasteiger partial charge in [-0.3, -0.25) is 0 Å². The number of thiocarbonyl (C=S) groups is 1. The lowest BCUT2D eigenvalue weighted by molar-refractivity contribution is 0.986. The van der Waals surface area contributed by atoms with Gasteiger partial charge in [-0.25, -0.2) is 9.97 Å². The Morgan fingerprint density at radius 1 is 1.47 bits per heavy atom. The molecule has 2 rings (SSSR count). The highest BCUT2D eigenvalue weighted by atomic mass is 32.1. The monoisotopic (exact) mass is 264 g/mol. The van der Waals surface area contributed by atoms with E-state index >= 15 is 0 Å². The van der Waals surface area contributed by atoms with Gasteiger partial charge in [0.05, 0.1) is 0 Å². The number of hydrogen-bond donors (Lipinski definition) is 2. The highest BCUT2D eigenvalue weighted by Crippen LogP contribution is 2.07. The van der Waals surface area contributed by atoms with E-state index in [4.69, 9.17) is 18.0 Å². The number of nitrogens with two attached hydrogens (primary N) is 1. The number of rotatable bonds is 5. The van der Waals surface area contributed by atoms with Crippen molar-refractivity contribution in [3.63, 3.8) is 0 Å². The smallest absolute Gasteiger partial charge is 0.223 e. The molecule has 0 aromatic carbocycles. The van der Waals surface area contributed by atoms with Gasteiger partial charge in [0.25, 0.3) is 0 Å². The molecule has 3 N–H and O–H groups in total. The molecule has 0 aliphatic rings. The van der Waals surface area contributed by atoms with E-state index in [0.717, 1.165) is 13.0 Å². The summed E-state index contributed by atoms with van der Waals surface area (Å²) < 4.78 is 0. The first-order valence-corrected chi connectivity index (χ1v) is 6.48. The average molecular weight is 264 g/mol. The van der Waals surface area contributed by atoms with E-state index in [1.54, 1.807) is 23.6 Å². The Kier molecular flexibility index (Phi) is 4.00. The SMILES string of the molecule is NC(=S)c1ccnc(NCCc2ccsc2)n1. The predicted octanol–water partition coefficient (Wildman–Crippen LogP) is 1.83. The van der Waals surface area contributed by atoms with Gasteiger partial charge in [-0.15, -0.1) is 0 Å². The van der Waals surface area contributed by atoms with E-state index in [9.17, 15) is 0 Å². The van der Waals surface area contributed by atoms with Crippen LogP contribution in [0, 0.1) is 0 Å². The molecule has 0 radical (unpaired) electrons. The molecule has 6 heteroatoms. The molecule has 0 unspecified atom stereocenters. The van der Waals surface area contributed by atoms with Crippen LogP contribution in [-0.4, -0.2) is 21.5 Å². The summed E-state index contributed by atoms with van der Waals surface area (Å²) >= 11 is 6.56. The predicted molar refractivity (Wildman–Crippen MR) is 74.4 cm³/mol. The first-order chi connectivity index (χ1) is 8.25. The van der Waals surface area contributed by atoms with Crippen molar-refractivity contribution in [2.45, 2.75) is 6.42 Å². The molecule has 2 aromatic heterocycles. The number of aromatic nitrogens is 2. The van der Waals surface area contributed by atoms with Gasteiger partial charge in [-0.05, 0) is 34.9 Å². The van der Waals surface area contributed by atoms with Gasteiger partial charge in [-0.2, -0.15) is 11.3 Å². The Hall–Kier alpha value is -1.53. The van der Waals surface area contributed by atoms with Crippen molar-refractivity contribution in [2.24, 2.45) is 5.73 Å². The molecule has 0 saturated carbocycles. The van der Waals surface area contributed by atoms with Crippen molar-refractivity contribution < 1.29 is 0 Å². The van der Waals surface area contributed by atoms with Crippen LogP contribution in [0.25, 0.3) is 0 Å². The third-order valence-electron chi connectivity index (χ3n) is 2.18. The second kappa shape index (κ2) is 5.70. The molecule has 0 saturated heterocycles. The number of nitrogens with one attached hydrogen (secondary N) is 1. The minimum atomic E-state index is 0.285. The second-order valence-corrected chi connectivity index (χ2v) is 4.66. The van der Waals surface area contributed by atoms with E-state index in [0.29, 0.717) is 11.6 Å². The fourth-order valence-corrected chi connectivity index (χ4v) is 2.15. The molecule has 0 bridgehead atoms. The molecular weight excluding hydrogens is 252 g/mol. The van der Waals surface area contributed by atoms with Crippen LogP contribution in [0.4, 0.5) is 5.95 Å². The lowest BCUT2D eigenvalue weighted by Gasteiger charge is -2.04. The summed E-state index contributed by atoms with van der Waals surface area (Å²) in [6.07, 6.45) is 2.60. The van der Waals surface area contributed by atoms with Gasteiger partial charge in [-0.1, -0.05) is 12.2 Å². The molecule has 2 heterocycles. The molecule has 4 nitrogen and oxygen atoms in total. The first kappa shape index (κ1) is 11.9. The summed E-state index contributed by atoms with van der Waals surface area (Å²) in [5.41, 5.74) is 7.41. The van der Waals surface area contributed by atoms with Gasteiger partial charge >= 0.3 is 0 Å². The molecular formula is C11H12N4S2. The zero-order valence-corrected chi connectivity index (χ0v) is 10.7. The lowest BCUT2D eigenvalue weighted by Crippen LogP contribution is -2.14. The van der Waals surface area contributed by atoms with Crippen LogP contribution in [0.1, 0.15) is 11.3 Å². The molecule has 0 aliphatic carbocycles. The first-order valence-electron chi connectivity index (χ1n) is 5.13. The molecule has 0 atom stereocenters. The maximum atomic E-state index is 5.50. The van der Waals surface area contributed by atoms with Gasteiger partial charge in [0.2, 0.25) is 5.95 Å². The molecule has 0 amide bonds. The number of thiophene rings is 1. The molecule has 17 heavy (non-hydrogen) atoms. The van der Waals surface area contributed by atoms with Gasteiger partial charge in [0.15, 0.2) is 0 Å². The summed E-state index contributed by atoms with van der Waals surface area (Å²) in [6.45, 7) is 0.789. The summed E-state index contributed by atoms with van der Waals surface area (Å²) in [6, 6.07) is 3.81. The van der Waals surface area contributed by atoms with Crippen molar-refractivity contribution >= 4 is 34.5 Å². The summed E-state index contributed by atoms with van der Waals surface area (Å²) in [5.74, 6) is 0.561. The summed E-state index contributed by atoms with van der Waals surface area (Å²) in [4.78, 5) is 8.60. The second-order valence-electron chi connectivity index (χ2n) is 3.44. The fraction of sp³-hybridized carbons (Fsp3) is 0.182. The quantitative estimate of drug-likeness (QED) is 0.807. The number of anilines is 1. The molecule has 88 valence electrons. The zero-order valence-electron chi connectivity index (χ0n) is 9.09. The topological polar surface area (TPSA) is 63.8 Å². The standard InChI is InChI=1S/C11H12N4S2/c12-10(16)9-2-5-14-11(15-9)13-4-1-8-3-6-17-7-8/h2-3,5-7H,1,4H2,(H2,12,16)(H,13,14,15). The van der Waals surface area contributed by atoms with Crippen molar-refractivity contribution in [3.8, 4) is 0 Å². The van der Waals surface area contributed by atoms with E-state index in [2.05, 4.69) is 32.1 Å². The number of nitrogens with zero attached hydrogens (tertiary/aromatic N) is 2. The highest BCUT2D eigenvalue weighted by molar-refractivity contribution is 7.80. The van der Waals surface area contributed by atoms with E-state index in [1.165, 1.54) is 5.56 Å². The van der Waals surface area contributed by atoms with Crippen LogP contribution in [0.2, 0.25) is 0 Å². The zero-order chi connectivity index (χ0) is 12.1. The molecule has 0 aliphatic heterocycles. The lowest BCUT2D eigenvalue weighted by atomic mass is 10.2. The van der Waals surface area contributed by atoms with Crippen LogP contribution in [0.5, 0.6) is 0 Å². The van der Waals surface area contributed by atoms with Gasteiger partial charge in [0, 0.05) is 12.7 Å². The Morgan fingerprint density at radius 3 is 3.06 bits per heavy atom. The van der Waals surface area contributed by atoms with Gasteiger partial charge < -0.3 is 11.1 Å². The van der Waals surface area contributed by atoms with Crippen molar-refractivity contribution in [1.29, 1.82) is 0 Å². The van der Waals surface area contributed by atoms with Crippen LogP contribution in [0.15, 0.2) is 29.1 Å². The minimum Gasteiger partial charge on any atom is -0.388 e. The van der Waals surface area contributed by atoms with Crippen molar-refractivity contribution in [2.75, 3.05) is 11.9 Å². The Morgan fingerprint density at radius 2 is 2.35 bits per heavy atom. The average Bonchev–Trinajstić information content (AvgIpc) is 2.82. The van der Waals surface area contributed by atoms with Crippen molar-refractivity contribution in [3.05, 3.63) is 40.3 Å². The maximum absolute atomic E-state index is 5.50. The van der Waals surface area contributed by atoms with Crippen LogP contribution in [0.3, 0.4) is 0 Å². The maximum Gasteiger partial charge on any atom is 0.223 e. The van der Waals surface area contributed by atoms with Crippen molar-refractivity contribution in [1.82, 2.24) is 9.97 Å². The largest absolute Gasteiger partial charge is 0.388 e. The highest BCUT2D eigenvalue weighted by Gasteiger charge is 2.01. The van der Waals surface area contributed by atoms with E-state index in [-0.39, 0.29) is 4.99 Å². The molecule has 0 spiro atoms. The molecule has 2 aromatic rings. The van der Waals surface area contributed by atoms with Crippen LogP contribution >= 0.6 is 23.6 Å². The molecule has 0 fully saturated rings. The Labute approximate surface area is 109 Å². The minimum absolute atomic E-state index is 0.285. The summed E-state index contributed by atoms with van der Waals surface area (Å²) in [5, 5.41) is 7.35.